The minimum atomic E-state index is -4.46. The lowest BCUT2D eigenvalue weighted by atomic mass is 10.2. The number of rotatable bonds is 1. The number of halogens is 4. The van der Waals surface area contributed by atoms with Gasteiger partial charge in [0.05, 0.1) is 15.7 Å². The third-order valence-corrected chi connectivity index (χ3v) is 3.56. The van der Waals surface area contributed by atoms with E-state index in [4.69, 9.17) is 5.73 Å². The molecule has 1 atom stereocenters. The Balaban J connectivity index is 2.44. The molecule has 98 valence electrons. The first-order valence-electron chi connectivity index (χ1n) is 5.22. The summed E-state index contributed by atoms with van der Waals surface area (Å²) in [6.07, 6.45) is -4.30. The van der Waals surface area contributed by atoms with Gasteiger partial charge in [-0.2, -0.15) is 13.2 Å². The summed E-state index contributed by atoms with van der Waals surface area (Å²) < 4.78 is 38.1. The van der Waals surface area contributed by atoms with Gasteiger partial charge in [-0.25, -0.2) is 0 Å². The molecular weight excluding hydrogens is 313 g/mol. The molecule has 0 aliphatic carbocycles. The van der Waals surface area contributed by atoms with Gasteiger partial charge in [0.2, 0.25) is 5.91 Å². The number of benzene rings is 1. The van der Waals surface area contributed by atoms with E-state index >= 15 is 0 Å². The largest absolute Gasteiger partial charge is 0.417 e. The van der Waals surface area contributed by atoms with E-state index in [1.807, 2.05) is 0 Å². The van der Waals surface area contributed by atoms with Gasteiger partial charge in [0.25, 0.3) is 0 Å². The molecule has 1 unspecified atom stereocenters. The number of carbonyl (C=O) groups is 1. The standard InChI is InChI=1S/C11H10BrF3N2O/c12-10-7(11(13,14)15)2-1-3-8(10)17-5-6(16)4-9(17)18/h1-3,6H,4-5,16H2. The van der Waals surface area contributed by atoms with Crippen LogP contribution in [0.4, 0.5) is 18.9 Å². The van der Waals surface area contributed by atoms with E-state index in [1.165, 1.54) is 17.0 Å². The SMILES string of the molecule is NC1CC(=O)N(c2cccc(C(F)(F)F)c2Br)C1. The average Bonchev–Trinajstić information content (AvgIpc) is 2.56. The van der Waals surface area contributed by atoms with E-state index in [0.29, 0.717) is 0 Å². The maximum absolute atomic E-state index is 12.7. The Labute approximate surface area is 110 Å². The molecule has 1 fully saturated rings. The summed E-state index contributed by atoms with van der Waals surface area (Å²) in [5.41, 5.74) is 5.04. The van der Waals surface area contributed by atoms with Crippen LogP contribution in [-0.4, -0.2) is 18.5 Å². The molecule has 18 heavy (non-hydrogen) atoms. The highest BCUT2D eigenvalue weighted by atomic mass is 79.9. The molecule has 0 bridgehead atoms. The zero-order valence-corrected chi connectivity index (χ0v) is 10.8. The van der Waals surface area contributed by atoms with Crippen molar-refractivity contribution in [1.29, 1.82) is 0 Å². The van der Waals surface area contributed by atoms with E-state index < -0.39 is 11.7 Å². The van der Waals surface area contributed by atoms with Gasteiger partial charge in [-0.1, -0.05) is 6.07 Å². The van der Waals surface area contributed by atoms with Gasteiger partial charge in [0.15, 0.2) is 0 Å². The van der Waals surface area contributed by atoms with Crippen LogP contribution in [0.3, 0.4) is 0 Å². The molecule has 1 amide bonds. The number of nitrogens with two attached hydrogens (primary N) is 1. The predicted molar refractivity (Wildman–Crippen MR) is 64.1 cm³/mol. The molecule has 1 aromatic carbocycles. The first-order valence-corrected chi connectivity index (χ1v) is 6.01. The van der Waals surface area contributed by atoms with Crippen molar-refractivity contribution in [3.05, 3.63) is 28.2 Å². The number of amides is 1. The number of anilines is 1. The van der Waals surface area contributed by atoms with Gasteiger partial charge < -0.3 is 10.6 Å². The molecule has 2 N–H and O–H groups in total. The van der Waals surface area contributed by atoms with Crippen molar-refractivity contribution in [2.75, 3.05) is 11.4 Å². The highest BCUT2D eigenvalue weighted by Crippen LogP contribution is 2.40. The number of alkyl halides is 3. The van der Waals surface area contributed by atoms with E-state index in [0.717, 1.165) is 6.07 Å². The molecule has 7 heteroatoms. The van der Waals surface area contributed by atoms with Gasteiger partial charge in [0.1, 0.15) is 0 Å². The number of nitrogens with zero attached hydrogens (tertiary/aromatic N) is 1. The number of hydrogen-bond acceptors (Lipinski definition) is 2. The summed E-state index contributed by atoms with van der Waals surface area (Å²) in [4.78, 5) is 12.9. The minimum Gasteiger partial charge on any atom is -0.326 e. The second-order valence-electron chi connectivity index (χ2n) is 4.10. The topological polar surface area (TPSA) is 46.3 Å². The first kappa shape index (κ1) is 13.4. The molecule has 1 heterocycles. The Hall–Kier alpha value is -1.08. The second-order valence-corrected chi connectivity index (χ2v) is 4.90. The van der Waals surface area contributed by atoms with Crippen LogP contribution in [0.1, 0.15) is 12.0 Å². The monoisotopic (exact) mass is 322 g/mol. The van der Waals surface area contributed by atoms with E-state index in [-0.39, 0.29) is 35.1 Å². The molecule has 1 aromatic rings. The summed E-state index contributed by atoms with van der Waals surface area (Å²) >= 11 is 2.92. The van der Waals surface area contributed by atoms with Crippen molar-refractivity contribution in [3.63, 3.8) is 0 Å². The molecule has 2 rings (SSSR count). The van der Waals surface area contributed by atoms with Crippen molar-refractivity contribution in [1.82, 2.24) is 0 Å². The normalized spacial score (nSPS) is 20.6. The van der Waals surface area contributed by atoms with E-state index in [1.54, 1.807) is 0 Å². The van der Waals surface area contributed by atoms with Crippen LogP contribution >= 0.6 is 15.9 Å². The summed E-state index contributed by atoms with van der Waals surface area (Å²) in [6.45, 7) is 0.235. The van der Waals surface area contributed by atoms with Gasteiger partial charge in [-0.05, 0) is 28.1 Å². The fourth-order valence-electron chi connectivity index (χ4n) is 1.92. The van der Waals surface area contributed by atoms with Crippen LogP contribution in [0.2, 0.25) is 0 Å². The highest BCUT2D eigenvalue weighted by Gasteiger charge is 2.36. The molecule has 0 saturated carbocycles. The zero-order valence-electron chi connectivity index (χ0n) is 9.17. The second kappa shape index (κ2) is 4.55. The van der Waals surface area contributed by atoms with Gasteiger partial charge in [-0.3, -0.25) is 4.79 Å². The molecule has 1 aliphatic heterocycles. The lowest BCUT2D eigenvalue weighted by Crippen LogP contribution is -2.28. The van der Waals surface area contributed by atoms with Crippen LogP contribution in [0.5, 0.6) is 0 Å². The van der Waals surface area contributed by atoms with Crippen molar-refractivity contribution in [3.8, 4) is 0 Å². The van der Waals surface area contributed by atoms with Crippen molar-refractivity contribution >= 4 is 27.5 Å². The first-order chi connectivity index (χ1) is 8.30. The smallest absolute Gasteiger partial charge is 0.326 e. The molecule has 3 nitrogen and oxygen atoms in total. The van der Waals surface area contributed by atoms with E-state index in [2.05, 4.69) is 15.9 Å². The maximum Gasteiger partial charge on any atom is 0.417 e. The minimum absolute atomic E-state index is 0.125. The fraction of sp³-hybridized carbons (Fsp3) is 0.364. The third kappa shape index (κ3) is 2.37. The molecular formula is C11H10BrF3N2O. The van der Waals surface area contributed by atoms with E-state index in [9.17, 15) is 18.0 Å². The predicted octanol–water partition coefficient (Wildman–Crippen LogP) is 2.53. The van der Waals surface area contributed by atoms with Crippen LogP contribution in [0, 0.1) is 0 Å². The van der Waals surface area contributed by atoms with Crippen molar-refractivity contribution < 1.29 is 18.0 Å². The summed E-state index contributed by atoms with van der Waals surface area (Å²) in [6, 6.07) is 3.38. The fourth-order valence-corrected chi connectivity index (χ4v) is 2.62. The Morgan fingerprint density at radius 3 is 2.56 bits per heavy atom. The Kier molecular flexibility index (Phi) is 3.37. The Morgan fingerprint density at radius 2 is 2.06 bits per heavy atom. The lowest BCUT2D eigenvalue weighted by molar-refractivity contribution is -0.138. The molecule has 1 saturated heterocycles. The maximum atomic E-state index is 12.7. The van der Waals surface area contributed by atoms with Gasteiger partial charge >= 0.3 is 6.18 Å². The van der Waals surface area contributed by atoms with Gasteiger partial charge in [-0.15, -0.1) is 0 Å². The van der Waals surface area contributed by atoms with Crippen LogP contribution in [0.25, 0.3) is 0 Å². The van der Waals surface area contributed by atoms with Crippen LogP contribution < -0.4 is 10.6 Å². The number of carbonyl (C=O) groups excluding carboxylic acids is 1. The van der Waals surface area contributed by atoms with Crippen LogP contribution in [0.15, 0.2) is 22.7 Å². The van der Waals surface area contributed by atoms with Crippen LogP contribution in [-0.2, 0) is 11.0 Å². The highest BCUT2D eigenvalue weighted by molar-refractivity contribution is 9.10. The summed E-state index contributed by atoms with van der Waals surface area (Å²) in [5, 5.41) is 0. The average molecular weight is 323 g/mol. The quantitative estimate of drug-likeness (QED) is 0.863. The van der Waals surface area contributed by atoms with Crippen molar-refractivity contribution in [2.45, 2.75) is 18.6 Å². The zero-order chi connectivity index (χ0) is 13.5. The molecule has 0 radical (unpaired) electrons. The molecule has 0 spiro atoms. The molecule has 1 aliphatic rings. The lowest BCUT2D eigenvalue weighted by Gasteiger charge is -2.20. The number of hydrogen-bond donors (Lipinski definition) is 1. The Bertz CT molecular complexity index is 490. The Morgan fingerprint density at radius 1 is 1.39 bits per heavy atom. The molecule has 0 aromatic heterocycles. The van der Waals surface area contributed by atoms with Crippen molar-refractivity contribution in [2.24, 2.45) is 5.73 Å². The third-order valence-electron chi connectivity index (χ3n) is 2.73. The van der Waals surface area contributed by atoms with Gasteiger partial charge in [0, 0.05) is 19.0 Å². The summed E-state index contributed by atoms with van der Waals surface area (Å²) in [7, 11) is 0. The summed E-state index contributed by atoms with van der Waals surface area (Å²) in [5.74, 6) is -0.262.